The summed E-state index contributed by atoms with van der Waals surface area (Å²) in [4.78, 5) is 0. The monoisotopic (exact) mass is 281 g/mol. The highest BCUT2D eigenvalue weighted by Gasteiger charge is 2.18. The van der Waals surface area contributed by atoms with Gasteiger partial charge >= 0.3 is 0 Å². The Kier molecular flexibility index (Phi) is 8.19. The number of rotatable bonds is 9. The van der Waals surface area contributed by atoms with Crippen molar-refractivity contribution < 1.29 is 4.74 Å². The van der Waals surface area contributed by atoms with E-state index in [1.165, 1.54) is 11.1 Å². The Morgan fingerprint density at radius 3 is 2.53 bits per heavy atom. The Morgan fingerprint density at radius 1 is 1.26 bits per heavy atom. The Hall–Kier alpha value is -0.510. The largest absolute Gasteiger partial charge is 0.385 e. The first-order valence-electron chi connectivity index (χ1n) is 7.09. The summed E-state index contributed by atoms with van der Waals surface area (Å²) in [7, 11) is 1.77. The average Bonchev–Trinajstić information content (AvgIpc) is 2.42. The standard InChI is InChI=1S/C16H27NOS/c1-5-17-16(14(3)19-12-6-11-18-4)15-9-7-13(2)8-10-15/h7-10,14,16-17H,5-6,11-12H2,1-4H3. The molecule has 2 atom stereocenters. The van der Waals surface area contributed by atoms with Crippen LogP contribution in [0.15, 0.2) is 24.3 Å². The molecule has 2 nitrogen and oxygen atoms in total. The summed E-state index contributed by atoms with van der Waals surface area (Å²) in [5.74, 6) is 1.16. The maximum Gasteiger partial charge on any atom is 0.0470 e. The second-order valence-corrected chi connectivity index (χ2v) is 6.35. The van der Waals surface area contributed by atoms with Crippen LogP contribution in [0.1, 0.15) is 37.4 Å². The molecule has 3 heteroatoms. The molecule has 0 aliphatic heterocycles. The summed E-state index contributed by atoms with van der Waals surface area (Å²) in [5.41, 5.74) is 2.71. The van der Waals surface area contributed by atoms with Crippen LogP contribution in [0.5, 0.6) is 0 Å². The average molecular weight is 281 g/mol. The second kappa shape index (κ2) is 9.40. The van der Waals surface area contributed by atoms with Crippen molar-refractivity contribution in [3.05, 3.63) is 35.4 Å². The molecule has 1 aromatic rings. The molecule has 19 heavy (non-hydrogen) atoms. The van der Waals surface area contributed by atoms with E-state index < -0.39 is 0 Å². The van der Waals surface area contributed by atoms with Gasteiger partial charge in [0.05, 0.1) is 0 Å². The molecule has 0 saturated heterocycles. The molecule has 0 fully saturated rings. The highest BCUT2D eigenvalue weighted by molar-refractivity contribution is 7.99. The molecule has 0 spiro atoms. The van der Waals surface area contributed by atoms with Crippen molar-refractivity contribution in [1.29, 1.82) is 0 Å². The summed E-state index contributed by atoms with van der Waals surface area (Å²) in [6, 6.07) is 9.31. The lowest BCUT2D eigenvalue weighted by Crippen LogP contribution is -2.28. The highest BCUT2D eigenvalue weighted by Crippen LogP contribution is 2.27. The van der Waals surface area contributed by atoms with Gasteiger partial charge in [0.2, 0.25) is 0 Å². The van der Waals surface area contributed by atoms with Gasteiger partial charge in [-0.05, 0) is 31.2 Å². The molecule has 0 heterocycles. The second-order valence-electron chi connectivity index (χ2n) is 4.87. The third-order valence-corrected chi connectivity index (χ3v) is 4.53. The zero-order valence-electron chi connectivity index (χ0n) is 12.6. The number of hydrogen-bond donors (Lipinski definition) is 1. The van der Waals surface area contributed by atoms with Gasteiger partial charge in [-0.15, -0.1) is 0 Å². The van der Waals surface area contributed by atoms with Crippen LogP contribution >= 0.6 is 11.8 Å². The van der Waals surface area contributed by atoms with Crippen LogP contribution in [-0.2, 0) is 4.74 Å². The lowest BCUT2D eigenvalue weighted by Gasteiger charge is -2.25. The molecule has 0 aliphatic carbocycles. The SMILES string of the molecule is CCNC(c1ccc(C)cc1)C(C)SCCCOC. The lowest BCUT2D eigenvalue weighted by molar-refractivity contribution is 0.200. The molecule has 0 saturated carbocycles. The predicted octanol–water partition coefficient (Wildman–Crippen LogP) is 3.80. The number of hydrogen-bond acceptors (Lipinski definition) is 3. The van der Waals surface area contributed by atoms with Gasteiger partial charge in [-0.1, -0.05) is 43.7 Å². The van der Waals surface area contributed by atoms with Gasteiger partial charge in [0.1, 0.15) is 0 Å². The van der Waals surface area contributed by atoms with E-state index in [4.69, 9.17) is 4.74 Å². The van der Waals surface area contributed by atoms with E-state index in [0.29, 0.717) is 11.3 Å². The fourth-order valence-corrected chi connectivity index (χ4v) is 3.22. The molecule has 0 radical (unpaired) electrons. The molecule has 108 valence electrons. The van der Waals surface area contributed by atoms with Gasteiger partial charge in [0.15, 0.2) is 0 Å². The summed E-state index contributed by atoms with van der Waals surface area (Å²) in [5, 5.41) is 4.18. The van der Waals surface area contributed by atoms with E-state index in [1.807, 2.05) is 11.8 Å². The number of ether oxygens (including phenoxy) is 1. The maximum atomic E-state index is 5.10. The summed E-state index contributed by atoms with van der Waals surface area (Å²) < 4.78 is 5.10. The van der Waals surface area contributed by atoms with Crippen molar-refractivity contribution in [1.82, 2.24) is 5.32 Å². The number of aryl methyl sites for hydroxylation is 1. The molecule has 0 bridgehead atoms. The molecule has 0 aliphatic rings. The van der Waals surface area contributed by atoms with E-state index in [0.717, 1.165) is 25.3 Å². The van der Waals surface area contributed by atoms with Crippen LogP contribution in [-0.4, -0.2) is 31.3 Å². The highest BCUT2D eigenvalue weighted by atomic mass is 32.2. The van der Waals surface area contributed by atoms with E-state index in [2.05, 4.69) is 50.4 Å². The molecule has 1 N–H and O–H groups in total. The molecule has 0 amide bonds. The van der Waals surface area contributed by atoms with E-state index in [9.17, 15) is 0 Å². The lowest BCUT2D eigenvalue weighted by atomic mass is 10.0. The van der Waals surface area contributed by atoms with Crippen LogP contribution in [0.4, 0.5) is 0 Å². The van der Waals surface area contributed by atoms with Crippen LogP contribution in [0, 0.1) is 6.92 Å². The van der Waals surface area contributed by atoms with Gasteiger partial charge in [-0.2, -0.15) is 11.8 Å². The van der Waals surface area contributed by atoms with Gasteiger partial charge in [-0.25, -0.2) is 0 Å². The summed E-state index contributed by atoms with van der Waals surface area (Å²) in [6.45, 7) is 8.47. The molecular weight excluding hydrogens is 254 g/mol. The Bertz CT molecular complexity index is 339. The van der Waals surface area contributed by atoms with Crippen molar-refractivity contribution >= 4 is 11.8 Å². The third kappa shape index (κ3) is 5.98. The topological polar surface area (TPSA) is 21.3 Å². The van der Waals surface area contributed by atoms with Crippen LogP contribution in [0.3, 0.4) is 0 Å². The van der Waals surface area contributed by atoms with E-state index in [-0.39, 0.29) is 0 Å². The van der Waals surface area contributed by atoms with Gasteiger partial charge < -0.3 is 10.1 Å². The summed E-state index contributed by atoms with van der Waals surface area (Å²) in [6.07, 6.45) is 1.12. The van der Waals surface area contributed by atoms with Crippen LogP contribution in [0.2, 0.25) is 0 Å². The zero-order chi connectivity index (χ0) is 14.1. The van der Waals surface area contributed by atoms with Crippen molar-refractivity contribution in [3.63, 3.8) is 0 Å². The van der Waals surface area contributed by atoms with E-state index >= 15 is 0 Å². The Labute approximate surface area is 122 Å². The Morgan fingerprint density at radius 2 is 1.95 bits per heavy atom. The van der Waals surface area contributed by atoms with Gasteiger partial charge in [-0.3, -0.25) is 0 Å². The molecule has 1 rings (SSSR count). The smallest absolute Gasteiger partial charge is 0.0470 e. The van der Waals surface area contributed by atoms with Crippen molar-refractivity contribution in [2.45, 2.75) is 38.5 Å². The minimum atomic E-state index is 0.429. The van der Waals surface area contributed by atoms with Crippen molar-refractivity contribution in [3.8, 4) is 0 Å². The van der Waals surface area contributed by atoms with Crippen molar-refractivity contribution in [2.75, 3.05) is 26.0 Å². The zero-order valence-corrected chi connectivity index (χ0v) is 13.4. The first-order valence-corrected chi connectivity index (χ1v) is 8.14. The normalized spacial score (nSPS) is 14.3. The number of methoxy groups -OCH3 is 1. The fraction of sp³-hybridized carbons (Fsp3) is 0.625. The van der Waals surface area contributed by atoms with Crippen LogP contribution < -0.4 is 5.32 Å². The van der Waals surface area contributed by atoms with E-state index in [1.54, 1.807) is 7.11 Å². The first-order chi connectivity index (χ1) is 9.19. The van der Waals surface area contributed by atoms with Gasteiger partial charge in [0.25, 0.3) is 0 Å². The number of nitrogens with one attached hydrogen (secondary N) is 1. The summed E-state index contributed by atoms with van der Waals surface area (Å²) >= 11 is 2.02. The fourth-order valence-electron chi connectivity index (χ4n) is 2.12. The first kappa shape index (κ1) is 16.5. The maximum absolute atomic E-state index is 5.10. The minimum Gasteiger partial charge on any atom is -0.385 e. The van der Waals surface area contributed by atoms with Gasteiger partial charge in [0, 0.05) is 25.0 Å². The number of thioether (sulfide) groups is 1. The molecule has 2 unspecified atom stereocenters. The number of benzene rings is 1. The molecule has 0 aromatic heterocycles. The van der Waals surface area contributed by atoms with Crippen LogP contribution in [0.25, 0.3) is 0 Å². The molecular formula is C16H27NOS. The Balaban J connectivity index is 2.57. The third-order valence-electron chi connectivity index (χ3n) is 3.20. The quantitative estimate of drug-likeness (QED) is 0.696. The van der Waals surface area contributed by atoms with Crippen molar-refractivity contribution in [2.24, 2.45) is 0 Å². The predicted molar refractivity (Wildman–Crippen MR) is 86.0 cm³/mol. The minimum absolute atomic E-state index is 0.429. The molecule has 1 aromatic carbocycles.